The third-order valence-electron chi connectivity index (χ3n) is 3.47. The van der Waals surface area contributed by atoms with E-state index in [-0.39, 0.29) is 23.2 Å². The Kier molecular flexibility index (Phi) is 5.04. The van der Waals surface area contributed by atoms with Crippen molar-refractivity contribution >= 4 is 23.5 Å². The lowest BCUT2D eigenvalue weighted by Crippen LogP contribution is -2.15. The molecule has 0 saturated carbocycles. The Hall–Kier alpha value is -2.80. The van der Waals surface area contributed by atoms with Gasteiger partial charge < -0.3 is 10.4 Å². The highest BCUT2D eigenvalue weighted by Gasteiger charge is 2.11. The maximum Gasteiger partial charge on any atom is 0.236 e. The highest BCUT2D eigenvalue weighted by atomic mass is 32.2. The van der Waals surface area contributed by atoms with Crippen molar-refractivity contribution in [1.82, 2.24) is 14.5 Å². The summed E-state index contributed by atoms with van der Waals surface area (Å²) in [4.78, 5) is 20.4. The minimum Gasteiger partial charge on any atom is -0.504 e. The lowest BCUT2D eigenvalue weighted by Gasteiger charge is -2.10. The summed E-state index contributed by atoms with van der Waals surface area (Å²) in [6.45, 7) is 4.10. The van der Waals surface area contributed by atoms with Crippen LogP contribution >= 0.6 is 11.8 Å². The summed E-state index contributed by atoms with van der Waals surface area (Å²) in [5.41, 5.74) is 3.35. The van der Waals surface area contributed by atoms with E-state index < -0.39 is 0 Å². The second-order valence-electron chi connectivity index (χ2n) is 5.63. The third kappa shape index (κ3) is 4.19. The predicted octanol–water partition coefficient (Wildman–Crippen LogP) is 3.32. The van der Waals surface area contributed by atoms with Crippen LogP contribution in [0.1, 0.15) is 11.1 Å². The molecule has 7 heteroatoms. The van der Waals surface area contributed by atoms with Crippen LogP contribution in [-0.2, 0) is 4.79 Å². The first-order valence-electron chi connectivity index (χ1n) is 7.71. The number of imidazole rings is 1. The summed E-state index contributed by atoms with van der Waals surface area (Å²) in [5.74, 6) is 0.00924. The number of carbonyl (C=O) groups is 1. The lowest BCUT2D eigenvalue weighted by molar-refractivity contribution is -0.113. The largest absolute Gasteiger partial charge is 0.504 e. The van der Waals surface area contributed by atoms with Crippen LogP contribution in [0.3, 0.4) is 0 Å². The molecule has 0 fully saturated rings. The molecule has 0 spiro atoms. The van der Waals surface area contributed by atoms with E-state index in [1.165, 1.54) is 35.2 Å². The first-order chi connectivity index (χ1) is 12.0. The number of aromatic nitrogens is 3. The number of nitrogens with one attached hydrogen (secondary N) is 1. The molecule has 0 aliphatic heterocycles. The Labute approximate surface area is 149 Å². The van der Waals surface area contributed by atoms with E-state index in [1.54, 1.807) is 12.3 Å². The second kappa shape index (κ2) is 7.40. The molecule has 1 aromatic carbocycles. The number of anilines is 1. The van der Waals surface area contributed by atoms with Crippen LogP contribution in [0.15, 0.2) is 54.1 Å². The van der Waals surface area contributed by atoms with Gasteiger partial charge in [0.05, 0.1) is 5.75 Å². The fourth-order valence-corrected chi connectivity index (χ4v) is 3.25. The molecule has 6 nitrogen and oxygen atoms in total. The number of rotatable bonds is 5. The molecule has 1 amide bonds. The van der Waals surface area contributed by atoms with Crippen LogP contribution in [0.4, 0.5) is 5.82 Å². The zero-order valence-electron chi connectivity index (χ0n) is 13.9. The number of hydrogen-bond donors (Lipinski definition) is 2. The Morgan fingerprint density at radius 1 is 1.20 bits per heavy atom. The topological polar surface area (TPSA) is 80.0 Å². The standard InChI is InChI=1S/C18H18N4O2S/c1-12-8-13(2)10-14(9-12)22-7-6-20-18(22)25-11-16(24)21-17-15(23)4-3-5-19-17/h3-10,23H,11H2,1-2H3,(H,19,21,24). The van der Waals surface area contributed by atoms with E-state index in [2.05, 4.69) is 33.5 Å². The average Bonchev–Trinajstić information content (AvgIpc) is 3.03. The number of hydrogen-bond acceptors (Lipinski definition) is 5. The van der Waals surface area contributed by atoms with Crippen molar-refractivity contribution < 1.29 is 9.90 Å². The van der Waals surface area contributed by atoms with E-state index >= 15 is 0 Å². The van der Waals surface area contributed by atoms with Crippen LogP contribution < -0.4 is 5.32 Å². The molecule has 0 radical (unpaired) electrons. The average molecular weight is 354 g/mol. The molecule has 2 N–H and O–H groups in total. The normalized spacial score (nSPS) is 10.6. The molecule has 2 heterocycles. The fraction of sp³-hybridized carbons (Fsp3) is 0.167. The van der Waals surface area contributed by atoms with Gasteiger partial charge in [0.1, 0.15) is 0 Å². The Morgan fingerprint density at radius 2 is 1.96 bits per heavy atom. The molecule has 0 atom stereocenters. The van der Waals surface area contributed by atoms with Gasteiger partial charge in [0.25, 0.3) is 0 Å². The quantitative estimate of drug-likeness (QED) is 0.687. The zero-order chi connectivity index (χ0) is 17.8. The van der Waals surface area contributed by atoms with Crippen molar-refractivity contribution in [1.29, 1.82) is 0 Å². The van der Waals surface area contributed by atoms with Crippen LogP contribution in [-0.4, -0.2) is 31.3 Å². The molecule has 3 aromatic rings. The first kappa shape index (κ1) is 17.0. The molecular formula is C18H18N4O2S. The molecule has 0 unspecified atom stereocenters. The predicted molar refractivity (Wildman–Crippen MR) is 98.3 cm³/mol. The molecular weight excluding hydrogens is 336 g/mol. The SMILES string of the molecule is Cc1cc(C)cc(-n2ccnc2SCC(=O)Nc2ncccc2O)c1. The highest BCUT2D eigenvalue weighted by molar-refractivity contribution is 7.99. The van der Waals surface area contributed by atoms with Crippen molar-refractivity contribution in [2.24, 2.45) is 0 Å². The molecule has 2 aromatic heterocycles. The molecule has 25 heavy (non-hydrogen) atoms. The van der Waals surface area contributed by atoms with Crippen molar-refractivity contribution in [3.8, 4) is 11.4 Å². The van der Waals surface area contributed by atoms with Gasteiger partial charge in [-0.15, -0.1) is 0 Å². The van der Waals surface area contributed by atoms with Gasteiger partial charge >= 0.3 is 0 Å². The molecule has 3 rings (SSSR count). The Balaban J connectivity index is 1.69. The summed E-state index contributed by atoms with van der Waals surface area (Å²) < 4.78 is 1.95. The number of benzene rings is 1. The van der Waals surface area contributed by atoms with Gasteiger partial charge in [0.2, 0.25) is 5.91 Å². The zero-order valence-corrected chi connectivity index (χ0v) is 14.7. The molecule has 0 aliphatic rings. The van der Waals surface area contributed by atoms with E-state index in [1.807, 2.05) is 24.6 Å². The number of aryl methyl sites for hydroxylation is 2. The summed E-state index contributed by atoms with van der Waals surface area (Å²) in [6, 6.07) is 9.33. The van der Waals surface area contributed by atoms with Gasteiger partial charge in [-0.2, -0.15) is 0 Å². The van der Waals surface area contributed by atoms with Gasteiger partial charge in [-0.05, 0) is 49.2 Å². The fourth-order valence-electron chi connectivity index (χ4n) is 2.47. The van der Waals surface area contributed by atoms with Gasteiger partial charge in [-0.25, -0.2) is 9.97 Å². The van der Waals surface area contributed by atoms with E-state index in [9.17, 15) is 9.90 Å². The van der Waals surface area contributed by atoms with Crippen LogP contribution in [0.5, 0.6) is 5.75 Å². The Morgan fingerprint density at radius 3 is 2.68 bits per heavy atom. The van der Waals surface area contributed by atoms with Crippen LogP contribution in [0.2, 0.25) is 0 Å². The van der Waals surface area contributed by atoms with Gasteiger partial charge in [0, 0.05) is 24.3 Å². The number of carbonyl (C=O) groups excluding carboxylic acids is 1. The summed E-state index contributed by atoms with van der Waals surface area (Å²) in [7, 11) is 0. The summed E-state index contributed by atoms with van der Waals surface area (Å²) in [5, 5.41) is 13.0. The first-order valence-corrected chi connectivity index (χ1v) is 8.70. The number of nitrogens with zero attached hydrogens (tertiary/aromatic N) is 3. The van der Waals surface area contributed by atoms with Crippen molar-refractivity contribution in [3.63, 3.8) is 0 Å². The Bertz CT molecular complexity index is 887. The number of amides is 1. The molecule has 0 aliphatic carbocycles. The summed E-state index contributed by atoms with van der Waals surface area (Å²) >= 11 is 1.32. The minimum absolute atomic E-state index is 0.0578. The van der Waals surface area contributed by atoms with E-state index in [0.717, 1.165) is 10.8 Å². The van der Waals surface area contributed by atoms with E-state index in [0.29, 0.717) is 0 Å². The molecule has 0 bridgehead atoms. The van der Waals surface area contributed by atoms with Gasteiger partial charge in [0.15, 0.2) is 16.7 Å². The molecule has 0 saturated heterocycles. The monoisotopic (exact) mass is 354 g/mol. The lowest BCUT2D eigenvalue weighted by atomic mass is 10.1. The maximum absolute atomic E-state index is 12.1. The van der Waals surface area contributed by atoms with Crippen LogP contribution in [0.25, 0.3) is 5.69 Å². The van der Waals surface area contributed by atoms with Gasteiger partial charge in [-0.1, -0.05) is 17.8 Å². The van der Waals surface area contributed by atoms with Crippen molar-refractivity contribution in [3.05, 3.63) is 60.0 Å². The van der Waals surface area contributed by atoms with Gasteiger partial charge in [-0.3, -0.25) is 9.36 Å². The number of thioether (sulfide) groups is 1. The number of aromatic hydroxyl groups is 1. The molecule has 128 valence electrons. The second-order valence-corrected chi connectivity index (χ2v) is 6.58. The van der Waals surface area contributed by atoms with Crippen molar-refractivity contribution in [2.45, 2.75) is 19.0 Å². The van der Waals surface area contributed by atoms with Crippen LogP contribution in [0, 0.1) is 13.8 Å². The third-order valence-corrected chi connectivity index (χ3v) is 4.43. The maximum atomic E-state index is 12.1. The van der Waals surface area contributed by atoms with Crippen molar-refractivity contribution in [2.75, 3.05) is 11.1 Å². The summed E-state index contributed by atoms with van der Waals surface area (Å²) in [6.07, 6.45) is 5.09. The highest BCUT2D eigenvalue weighted by Crippen LogP contribution is 2.23. The number of pyridine rings is 1. The smallest absolute Gasteiger partial charge is 0.236 e. The minimum atomic E-state index is -0.256. The van der Waals surface area contributed by atoms with E-state index in [4.69, 9.17) is 0 Å².